The van der Waals surface area contributed by atoms with E-state index in [9.17, 15) is 9.59 Å². The van der Waals surface area contributed by atoms with Crippen molar-refractivity contribution < 1.29 is 28.5 Å². The van der Waals surface area contributed by atoms with Gasteiger partial charge in [-0.1, -0.05) is 11.6 Å². The molecule has 2 aromatic carbocycles. The van der Waals surface area contributed by atoms with Crippen molar-refractivity contribution in [2.24, 2.45) is 0 Å². The van der Waals surface area contributed by atoms with Crippen LogP contribution >= 0.6 is 11.6 Å². The summed E-state index contributed by atoms with van der Waals surface area (Å²) in [6, 6.07) is 16.5. The van der Waals surface area contributed by atoms with Crippen LogP contribution in [0.15, 0.2) is 54.6 Å². The number of nitrogens with one attached hydrogen (secondary N) is 1. The van der Waals surface area contributed by atoms with Crippen LogP contribution < -0.4 is 34.1 Å². The molecule has 0 bridgehead atoms. The van der Waals surface area contributed by atoms with E-state index in [1.165, 1.54) is 11.9 Å². The summed E-state index contributed by atoms with van der Waals surface area (Å²) in [5.74, 6) is 3.87. The number of nitrogens with zero attached hydrogens (tertiary/aromatic N) is 8. The Morgan fingerprint density at radius 2 is 1.43 bits per heavy atom. The fourth-order valence-corrected chi connectivity index (χ4v) is 6.45. The van der Waals surface area contributed by atoms with Gasteiger partial charge in [-0.15, -0.1) is 10.2 Å². The topological polar surface area (TPSA) is 149 Å². The lowest BCUT2D eigenvalue weighted by molar-refractivity contribution is -0.123. The van der Waals surface area contributed by atoms with Crippen molar-refractivity contribution in [1.82, 2.24) is 29.7 Å². The van der Waals surface area contributed by atoms with E-state index in [1.54, 1.807) is 45.1 Å². The third kappa shape index (κ3) is 7.42. The maximum Gasteiger partial charge on any atom is 0.332 e. The number of amides is 3. The second-order valence-electron chi connectivity index (χ2n) is 13.1. The number of rotatable bonds is 14. The molecule has 0 spiro atoms. The fourth-order valence-electron chi connectivity index (χ4n) is 6.32. The molecule has 7 rings (SSSR count). The zero-order valence-electron chi connectivity index (χ0n) is 30.3. The highest BCUT2D eigenvalue weighted by Crippen LogP contribution is 2.42. The first kappa shape index (κ1) is 35.6. The van der Waals surface area contributed by atoms with Gasteiger partial charge < -0.3 is 29.2 Å². The molecule has 4 heterocycles. The van der Waals surface area contributed by atoms with E-state index in [-0.39, 0.29) is 23.6 Å². The normalized spacial score (nSPS) is 14.8. The van der Waals surface area contributed by atoms with Crippen LogP contribution in [0.5, 0.6) is 23.0 Å². The quantitative estimate of drug-likeness (QED) is 0.136. The Labute approximate surface area is 311 Å². The van der Waals surface area contributed by atoms with Gasteiger partial charge in [-0.25, -0.2) is 9.31 Å². The van der Waals surface area contributed by atoms with Crippen LogP contribution in [0.3, 0.4) is 0 Å². The smallest absolute Gasteiger partial charge is 0.332 e. The lowest BCUT2D eigenvalue weighted by atomic mass is 10.1. The molecule has 5 aromatic rings. The number of ether oxygens (including phenoxy) is 4. The van der Waals surface area contributed by atoms with Gasteiger partial charge in [-0.2, -0.15) is 10.1 Å². The molecule has 53 heavy (non-hydrogen) atoms. The van der Waals surface area contributed by atoms with Crippen molar-refractivity contribution in [2.45, 2.75) is 44.8 Å². The Morgan fingerprint density at radius 3 is 1.94 bits per heavy atom. The number of urea groups is 1. The second-order valence-corrected chi connectivity index (χ2v) is 13.4. The average Bonchev–Trinajstić information content (AvgIpc) is 3.88. The van der Waals surface area contributed by atoms with Crippen LogP contribution in [0.2, 0.25) is 5.15 Å². The van der Waals surface area contributed by atoms with Gasteiger partial charge in [0.05, 0.1) is 45.7 Å². The molecule has 1 aliphatic heterocycles. The number of hydrogen-bond donors (Lipinski definition) is 1. The van der Waals surface area contributed by atoms with E-state index in [0.717, 1.165) is 39.9 Å². The fraction of sp³-hybridized carbons (Fsp3) is 0.351. The molecule has 1 atom stereocenters. The van der Waals surface area contributed by atoms with Crippen molar-refractivity contribution in [2.75, 3.05) is 57.1 Å². The Morgan fingerprint density at radius 1 is 0.849 bits per heavy atom. The minimum absolute atomic E-state index is 0.0475. The third-order valence-corrected chi connectivity index (χ3v) is 9.63. The van der Waals surface area contributed by atoms with Crippen molar-refractivity contribution >= 4 is 46.6 Å². The molecule has 16 heteroatoms. The van der Waals surface area contributed by atoms with Crippen molar-refractivity contribution in [3.05, 3.63) is 82.1 Å². The molecule has 1 saturated carbocycles. The molecule has 0 unspecified atom stereocenters. The molecule has 1 saturated heterocycles. The predicted octanol–water partition coefficient (Wildman–Crippen LogP) is 5.86. The largest absolute Gasteiger partial charge is 0.497 e. The lowest BCUT2D eigenvalue weighted by Crippen LogP contribution is -2.31. The summed E-state index contributed by atoms with van der Waals surface area (Å²) in [4.78, 5) is 34.9. The summed E-state index contributed by atoms with van der Waals surface area (Å²) < 4.78 is 23.8. The minimum atomic E-state index is -0.397. The summed E-state index contributed by atoms with van der Waals surface area (Å²) in [6.45, 7) is 2.60. The summed E-state index contributed by atoms with van der Waals surface area (Å²) in [5.41, 5.74) is 4.36. The van der Waals surface area contributed by atoms with E-state index >= 15 is 0 Å². The van der Waals surface area contributed by atoms with Crippen molar-refractivity contribution in [3.8, 4) is 23.0 Å². The molecule has 276 valence electrons. The van der Waals surface area contributed by atoms with Gasteiger partial charge in [0.15, 0.2) is 11.0 Å². The van der Waals surface area contributed by atoms with Gasteiger partial charge in [0.2, 0.25) is 5.95 Å². The highest BCUT2D eigenvalue weighted by molar-refractivity contribution is 6.31. The Kier molecular flexibility index (Phi) is 9.84. The Hall–Kier alpha value is -5.83. The molecule has 1 aliphatic carbocycles. The Balaban J connectivity index is 1.22. The number of benzene rings is 2. The summed E-state index contributed by atoms with van der Waals surface area (Å²) >= 11 is 6.62. The predicted molar refractivity (Wildman–Crippen MR) is 199 cm³/mol. The number of pyridine rings is 1. The van der Waals surface area contributed by atoms with E-state index < -0.39 is 6.04 Å². The van der Waals surface area contributed by atoms with E-state index in [0.29, 0.717) is 65.3 Å². The van der Waals surface area contributed by atoms with Crippen molar-refractivity contribution in [1.29, 1.82) is 0 Å². The van der Waals surface area contributed by atoms with Crippen LogP contribution in [0.1, 0.15) is 54.1 Å². The second kappa shape index (κ2) is 14.7. The number of hydrogen-bond acceptors (Lipinski definition) is 12. The van der Waals surface area contributed by atoms with Gasteiger partial charge in [-0.3, -0.25) is 14.6 Å². The monoisotopic (exact) mass is 741 g/mol. The number of imide groups is 1. The first-order valence-electron chi connectivity index (χ1n) is 17.0. The van der Waals surface area contributed by atoms with Crippen LogP contribution in [-0.2, 0) is 17.9 Å². The Bertz CT molecular complexity index is 2090. The maximum atomic E-state index is 13.0. The van der Waals surface area contributed by atoms with Gasteiger partial charge in [0, 0.05) is 32.3 Å². The number of fused-ring (bicyclic) bond motifs is 1. The number of anilines is 3. The molecule has 3 amide bonds. The number of aromatic nitrogens is 5. The number of carbonyl (C=O) groups excluding carboxylic acids is 2. The van der Waals surface area contributed by atoms with E-state index in [1.807, 2.05) is 48.2 Å². The first-order chi connectivity index (χ1) is 25.6. The van der Waals surface area contributed by atoms with Gasteiger partial charge in [0.25, 0.3) is 5.91 Å². The van der Waals surface area contributed by atoms with Gasteiger partial charge >= 0.3 is 6.03 Å². The summed E-state index contributed by atoms with van der Waals surface area (Å²) in [5, 5.41) is 17.0. The number of likely N-dealkylation sites (N-methyl/N-ethyl adjacent to an activating group) is 1. The van der Waals surface area contributed by atoms with E-state index in [2.05, 4.69) is 21.6 Å². The number of methoxy groups -OCH3 is 4. The van der Waals surface area contributed by atoms with Crippen LogP contribution in [-0.4, -0.2) is 83.7 Å². The maximum absolute atomic E-state index is 13.0. The highest BCUT2D eigenvalue weighted by Gasteiger charge is 2.37. The first-order valence-corrected chi connectivity index (χ1v) is 17.4. The SMILES string of the molecule is COc1cc(CN(Cc2cc(OC)cc(OC)c2)c2nnc(Cl)c(N[C@H](C)c3cc4cc(C5CC5)cc(N5CC(=O)N(C)C5=O)n4n3)n2)cc(OC)c1. The zero-order chi connectivity index (χ0) is 37.4. The minimum Gasteiger partial charge on any atom is -0.497 e. The van der Waals surface area contributed by atoms with Gasteiger partial charge in [-0.05, 0) is 84.8 Å². The number of carbonyl (C=O) groups is 2. The van der Waals surface area contributed by atoms with Gasteiger partial charge in [0.1, 0.15) is 35.4 Å². The highest BCUT2D eigenvalue weighted by atomic mass is 35.5. The molecular weight excluding hydrogens is 702 g/mol. The van der Waals surface area contributed by atoms with Crippen molar-refractivity contribution in [3.63, 3.8) is 0 Å². The zero-order valence-corrected chi connectivity index (χ0v) is 31.0. The average molecular weight is 742 g/mol. The molecular formula is C37H40ClN9O6. The third-order valence-electron chi connectivity index (χ3n) is 9.38. The standard InChI is InChI=1S/C37H40ClN9O6/c1-21(31-15-26-13-25(24-7-8-24)14-32(47(26)43-31)46-20-33(48)44(2)37(46)49)39-35-34(38)41-42-36(40-35)45(18-22-9-27(50-3)16-28(10-22)51-4)19-23-11-29(52-5)17-30(12-23)53-6/h9-17,21,24H,7-8,18-20H2,1-6H3,(H,39,40,42)/t21-/m1/s1. The van der Waals surface area contributed by atoms with Crippen LogP contribution in [0.25, 0.3) is 5.52 Å². The summed E-state index contributed by atoms with van der Waals surface area (Å²) in [6.07, 6.45) is 2.16. The molecule has 3 aromatic heterocycles. The molecule has 0 radical (unpaired) electrons. The summed E-state index contributed by atoms with van der Waals surface area (Å²) in [7, 11) is 7.90. The molecule has 15 nitrogen and oxygen atoms in total. The molecule has 2 aliphatic rings. The lowest BCUT2D eigenvalue weighted by Gasteiger charge is -2.24. The van der Waals surface area contributed by atoms with Crippen LogP contribution in [0, 0.1) is 0 Å². The number of halogens is 1. The molecule has 1 N–H and O–H groups in total. The molecule has 2 fully saturated rings. The van der Waals surface area contributed by atoms with E-state index in [4.69, 9.17) is 40.6 Å². The van der Waals surface area contributed by atoms with Crippen LogP contribution in [0.4, 0.5) is 22.4 Å².